The van der Waals surface area contributed by atoms with Gasteiger partial charge in [-0.05, 0) is 13.8 Å². The smallest absolute Gasteiger partial charge is 0.348 e. The molecule has 0 N–H and O–H groups in total. The Morgan fingerprint density at radius 1 is 1.31 bits per heavy atom. The van der Waals surface area contributed by atoms with Gasteiger partial charge < -0.3 is 18.3 Å². The van der Waals surface area contributed by atoms with E-state index in [9.17, 15) is 0 Å². The first kappa shape index (κ1) is 11.1. The minimum absolute atomic E-state index is 0.331. The summed E-state index contributed by atoms with van der Waals surface area (Å²) in [4.78, 5) is 0. The van der Waals surface area contributed by atoms with Gasteiger partial charge >= 0.3 is 9.28 Å². The van der Waals surface area contributed by atoms with E-state index in [0.717, 1.165) is 6.61 Å². The van der Waals surface area contributed by atoms with Gasteiger partial charge in [-0.25, -0.2) is 0 Å². The molecule has 13 heavy (non-hydrogen) atoms. The summed E-state index contributed by atoms with van der Waals surface area (Å²) in [5, 5.41) is 0. The zero-order valence-electron chi connectivity index (χ0n) is 8.32. The quantitative estimate of drug-likeness (QED) is 0.421. The summed E-state index contributed by atoms with van der Waals surface area (Å²) in [7, 11) is -1.54. The zero-order valence-corrected chi connectivity index (χ0v) is 9.48. The van der Waals surface area contributed by atoms with Crippen LogP contribution in [0.3, 0.4) is 0 Å². The number of ether oxygens (including phenoxy) is 2. The van der Waals surface area contributed by atoms with Crippen molar-refractivity contribution in [3.05, 3.63) is 0 Å². The van der Waals surface area contributed by atoms with Crippen LogP contribution in [0.4, 0.5) is 0 Å². The number of hydrogen-bond acceptors (Lipinski definition) is 4. The molecule has 0 spiro atoms. The van der Waals surface area contributed by atoms with Crippen LogP contribution in [0.2, 0.25) is 0 Å². The molecule has 0 saturated carbocycles. The van der Waals surface area contributed by atoms with E-state index < -0.39 is 9.28 Å². The highest BCUT2D eigenvalue weighted by Crippen LogP contribution is 2.08. The monoisotopic (exact) mass is 206 g/mol. The second-order valence-electron chi connectivity index (χ2n) is 2.83. The van der Waals surface area contributed by atoms with Crippen molar-refractivity contribution in [2.75, 3.05) is 32.7 Å². The summed E-state index contributed by atoms with van der Waals surface area (Å²) in [6.07, 6.45) is 0.958. The van der Waals surface area contributed by atoms with Crippen LogP contribution in [0.15, 0.2) is 0 Å². The Labute approximate surface area is 81.0 Å². The molecule has 1 heterocycles. The summed E-state index contributed by atoms with van der Waals surface area (Å²) >= 11 is 0. The molecule has 0 amide bonds. The van der Waals surface area contributed by atoms with Gasteiger partial charge in [-0.15, -0.1) is 0 Å². The Morgan fingerprint density at radius 3 is 2.38 bits per heavy atom. The fraction of sp³-hybridized carbons (Fsp3) is 1.00. The third kappa shape index (κ3) is 5.38. The molecule has 78 valence electrons. The molecule has 1 saturated heterocycles. The standard InChI is InChI=1S/C8H18O4Si/c1-3-11-13(12-4-2)7-9-5-8-6-10-8/h8,13H,3-7H2,1-2H3. The lowest BCUT2D eigenvalue weighted by atomic mass is 10.5. The maximum Gasteiger partial charge on any atom is 0.348 e. The average Bonchev–Trinajstić information content (AvgIpc) is 2.89. The molecule has 0 aromatic heterocycles. The van der Waals surface area contributed by atoms with Crippen LogP contribution in [-0.2, 0) is 18.3 Å². The van der Waals surface area contributed by atoms with E-state index in [0.29, 0.717) is 32.2 Å². The predicted molar refractivity (Wildman–Crippen MR) is 51.0 cm³/mol. The first-order valence-electron chi connectivity index (χ1n) is 4.79. The van der Waals surface area contributed by atoms with E-state index in [4.69, 9.17) is 18.3 Å². The summed E-state index contributed by atoms with van der Waals surface area (Å²) in [5.74, 6) is 0. The van der Waals surface area contributed by atoms with Gasteiger partial charge in [0.25, 0.3) is 0 Å². The van der Waals surface area contributed by atoms with Crippen LogP contribution in [0.1, 0.15) is 13.8 Å². The van der Waals surface area contributed by atoms with E-state index in [2.05, 4.69) is 0 Å². The summed E-state index contributed by atoms with van der Waals surface area (Å²) in [6, 6.07) is 0. The molecular weight excluding hydrogens is 188 g/mol. The SMILES string of the molecule is CCO[SiH](COCC1CO1)OCC. The van der Waals surface area contributed by atoms with Gasteiger partial charge in [-0.2, -0.15) is 0 Å². The molecule has 4 nitrogen and oxygen atoms in total. The largest absolute Gasteiger partial charge is 0.396 e. The zero-order chi connectivity index (χ0) is 9.52. The Kier molecular flexibility index (Phi) is 5.57. The van der Waals surface area contributed by atoms with E-state index in [1.54, 1.807) is 0 Å². The Bertz CT molecular complexity index is 123. The van der Waals surface area contributed by atoms with Crippen LogP contribution in [0.25, 0.3) is 0 Å². The maximum atomic E-state index is 5.44. The Morgan fingerprint density at radius 2 is 1.92 bits per heavy atom. The van der Waals surface area contributed by atoms with Crippen molar-refractivity contribution in [3.8, 4) is 0 Å². The molecule has 1 rings (SSSR count). The minimum atomic E-state index is -1.54. The van der Waals surface area contributed by atoms with Crippen molar-refractivity contribution >= 4 is 9.28 Å². The van der Waals surface area contributed by atoms with Crippen molar-refractivity contribution in [3.63, 3.8) is 0 Å². The highest BCUT2D eigenvalue weighted by Gasteiger charge is 2.23. The van der Waals surface area contributed by atoms with E-state index in [1.165, 1.54) is 0 Å². The summed E-state index contributed by atoms with van der Waals surface area (Å²) in [5.41, 5.74) is 0. The number of hydrogen-bond donors (Lipinski definition) is 0. The Hall–Kier alpha value is 0.0569. The third-order valence-electron chi connectivity index (χ3n) is 1.67. The van der Waals surface area contributed by atoms with Crippen LogP contribution in [-0.4, -0.2) is 48.0 Å². The van der Waals surface area contributed by atoms with Gasteiger partial charge in [0.05, 0.1) is 19.4 Å². The van der Waals surface area contributed by atoms with Crippen LogP contribution >= 0.6 is 0 Å². The van der Waals surface area contributed by atoms with Gasteiger partial charge in [-0.1, -0.05) is 0 Å². The van der Waals surface area contributed by atoms with Crippen molar-refractivity contribution in [2.45, 2.75) is 20.0 Å². The summed E-state index contributed by atoms with van der Waals surface area (Å²) < 4.78 is 21.3. The van der Waals surface area contributed by atoms with Gasteiger partial charge in [0.15, 0.2) is 0 Å². The topological polar surface area (TPSA) is 40.2 Å². The molecule has 5 heteroatoms. The molecule has 0 bridgehead atoms. The Balaban J connectivity index is 1.98. The molecule has 0 aliphatic carbocycles. The first-order valence-corrected chi connectivity index (χ1v) is 6.55. The second-order valence-corrected chi connectivity index (χ2v) is 4.69. The predicted octanol–water partition coefficient (Wildman–Crippen LogP) is 0.234. The van der Waals surface area contributed by atoms with E-state index >= 15 is 0 Å². The van der Waals surface area contributed by atoms with Gasteiger partial charge in [0, 0.05) is 13.2 Å². The van der Waals surface area contributed by atoms with Crippen molar-refractivity contribution in [1.29, 1.82) is 0 Å². The lowest BCUT2D eigenvalue weighted by molar-refractivity contribution is 0.112. The molecule has 0 radical (unpaired) electrons. The molecule has 1 atom stereocenters. The van der Waals surface area contributed by atoms with E-state index in [1.807, 2.05) is 13.8 Å². The molecular formula is C8H18O4Si. The van der Waals surface area contributed by atoms with Gasteiger partial charge in [0.2, 0.25) is 0 Å². The lowest BCUT2D eigenvalue weighted by Gasteiger charge is -2.14. The van der Waals surface area contributed by atoms with Crippen LogP contribution in [0.5, 0.6) is 0 Å². The summed E-state index contributed by atoms with van der Waals surface area (Å²) in [6.45, 7) is 6.89. The third-order valence-corrected chi connectivity index (χ3v) is 3.58. The normalized spacial score (nSPS) is 21.0. The molecule has 1 aliphatic rings. The minimum Gasteiger partial charge on any atom is -0.396 e. The second kappa shape index (κ2) is 6.50. The van der Waals surface area contributed by atoms with Crippen molar-refractivity contribution in [2.24, 2.45) is 0 Å². The van der Waals surface area contributed by atoms with Gasteiger partial charge in [0.1, 0.15) is 6.10 Å². The first-order chi connectivity index (χ1) is 6.36. The average molecular weight is 206 g/mol. The number of epoxide rings is 1. The van der Waals surface area contributed by atoms with Crippen LogP contribution in [0, 0.1) is 0 Å². The van der Waals surface area contributed by atoms with E-state index in [-0.39, 0.29) is 0 Å². The fourth-order valence-electron chi connectivity index (χ4n) is 0.976. The van der Waals surface area contributed by atoms with Crippen LogP contribution < -0.4 is 0 Å². The lowest BCUT2D eigenvalue weighted by Crippen LogP contribution is -2.30. The van der Waals surface area contributed by atoms with Crippen molar-refractivity contribution in [1.82, 2.24) is 0 Å². The van der Waals surface area contributed by atoms with Gasteiger partial charge in [-0.3, -0.25) is 0 Å². The van der Waals surface area contributed by atoms with Crippen molar-refractivity contribution < 1.29 is 18.3 Å². The molecule has 0 aromatic carbocycles. The number of rotatable bonds is 8. The molecule has 1 fully saturated rings. The molecule has 1 unspecified atom stereocenters. The molecule has 1 aliphatic heterocycles. The fourth-order valence-corrected chi connectivity index (χ4v) is 2.34. The highest BCUT2D eigenvalue weighted by molar-refractivity contribution is 6.44. The molecule has 0 aromatic rings. The maximum absolute atomic E-state index is 5.44. The highest BCUT2D eigenvalue weighted by atomic mass is 28.3.